The molecule has 1 aromatic rings. The van der Waals surface area contributed by atoms with Crippen LogP contribution in [0.3, 0.4) is 0 Å². The number of nitrogens with zero attached hydrogens (tertiary/aromatic N) is 2. The van der Waals surface area contributed by atoms with Gasteiger partial charge in [0.25, 0.3) is 0 Å². The lowest BCUT2D eigenvalue weighted by molar-refractivity contribution is -0.131. The molecule has 0 radical (unpaired) electrons. The zero-order valence-corrected chi connectivity index (χ0v) is 7.21. The Balaban J connectivity index is 2.59. The first-order chi connectivity index (χ1) is 6.20. The normalized spacial score (nSPS) is 11.5. The van der Waals surface area contributed by atoms with E-state index < -0.39 is 5.97 Å². The van der Waals surface area contributed by atoms with Crippen molar-refractivity contribution in [1.82, 2.24) is 9.55 Å². The molecule has 0 aromatic carbocycles. The summed E-state index contributed by atoms with van der Waals surface area (Å²) in [6.45, 7) is 0. The number of aryl methyl sites for hydroxylation is 1. The van der Waals surface area contributed by atoms with Crippen molar-refractivity contribution in [3.63, 3.8) is 0 Å². The van der Waals surface area contributed by atoms with E-state index >= 15 is 0 Å². The van der Waals surface area contributed by atoms with E-state index in [0.29, 0.717) is 0 Å². The number of imidazole rings is 1. The number of carboxylic acid groups (broad SMARTS) is 1. The Kier molecular flexibility index (Phi) is 3.03. The molecule has 0 aliphatic carbocycles. The molecule has 0 atom stereocenters. The van der Waals surface area contributed by atoms with Crippen LogP contribution in [0.25, 0.3) is 6.08 Å². The molecule has 0 bridgehead atoms. The Morgan fingerprint density at radius 3 is 2.92 bits per heavy atom. The zero-order chi connectivity index (χ0) is 9.68. The lowest BCUT2D eigenvalue weighted by atomic mass is 10.4. The van der Waals surface area contributed by atoms with Crippen molar-refractivity contribution in [3.8, 4) is 0 Å². The predicted molar refractivity (Wildman–Crippen MR) is 49.0 cm³/mol. The molecule has 1 aromatic heterocycles. The van der Waals surface area contributed by atoms with Crippen LogP contribution < -0.4 is 0 Å². The fourth-order valence-corrected chi connectivity index (χ4v) is 0.817. The van der Waals surface area contributed by atoms with Gasteiger partial charge in [0.05, 0.1) is 0 Å². The molecule has 13 heavy (non-hydrogen) atoms. The molecule has 0 saturated heterocycles. The molecule has 68 valence electrons. The fourth-order valence-electron chi connectivity index (χ4n) is 0.817. The number of carboxylic acids is 1. The summed E-state index contributed by atoms with van der Waals surface area (Å²) in [5.74, 6) is -0.167. The molecule has 1 N–H and O–H groups in total. The molecule has 1 heterocycles. The van der Waals surface area contributed by atoms with Gasteiger partial charge in [-0.3, -0.25) is 0 Å². The van der Waals surface area contributed by atoms with Crippen LogP contribution in [0.5, 0.6) is 0 Å². The van der Waals surface area contributed by atoms with Crippen molar-refractivity contribution in [2.75, 3.05) is 0 Å². The second-order valence-electron chi connectivity index (χ2n) is 2.45. The summed E-state index contributed by atoms with van der Waals surface area (Å²) in [5, 5.41) is 8.28. The van der Waals surface area contributed by atoms with Crippen molar-refractivity contribution in [1.29, 1.82) is 0 Å². The fraction of sp³-hybridized carbons (Fsp3) is 0.111. The van der Waals surface area contributed by atoms with E-state index in [1.807, 2.05) is 17.8 Å². The molecule has 0 aliphatic rings. The largest absolute Gasteiger partial charge is 0.478 e. The average Bonchev–Trinajstić information content (AvgIpc) is 2.45. The van der Waals surface area contributed by atoms with Gasteiger partial charge < -0.3 is 9.67 Å². The third-order valence-corrected chi connectivity index (χ3v) is 1.45. The molecule has 0 spiro atoms. The van der Waals surface area contributed by atoms with E-state index in [2.05, 4.69) is 4.98 Å². The van der Waals surface area contributed by atoms with Gasteiger partial charge >= 0.3 is 5.97 Å². The Hall–Kier alpha value is -1.84. The topological polar surface area (TPSA) is 55.1 Å². The van der Waals surface area contributed by atoms with E-state index in [0.717, 1.165) is 11.9 Å². The van der Waals surface area contributed by atoms with Crippen molar-refractivity contribution in [2.45, 2.75) is 0 Å². The highest BCUT2D eigenvalue weighted by molar-refractivity contribution is 5.80. The molecule has 0 saturated carbocycles. The van der Waals surface area contributed by atoms with Crippen LogP contribution in [0.4, 0.5) is 0 Å². The molecular formula is C9H10N2O2. The summed E-state index contributed by atoms with van der Waals surface area (Å²) in [7, 11) is 1.87. The van der Waals surface area contributed by atoms with Crippen LogP contribution in [0, 0.1) is 0 Å². The molecule has 0 amide bonds. The Morgan fingerprint density at radius 1 is 1.62 bits per heavy atom. The molecule has 0 fully saturated rings. The Bertz CT molecular complexity index is 350. The maximum atomic E-state index is 10.1. The average molecular weight is 178 g/mol. The number of hydrogen-bond acceptors (Lipinski definition) is 2. The first kappa shape index (κ1) is 9.25. The maximum Gasteiger partial charge on any atom is 0.328 e. The first-order valence-corrected chi connectivity index (χ1v) is 3.75. The summed E-state index contributed by atoms with van der Waals surface area (Å²) in [4.78, 5) is 14.1. The summed E-state index contributed by atoms with van der Waals surface area (Å²) >= 11 is 0. The van der Waals surface area contributed by atoms with E-state index in [9.17, 15) is 4.79 Å². The maximum absolute atomic E-state index is 10.1. The highest BCUT2D eigenvalue weighted by atomic mass is 16.4. The van der Waals surface area contributed by atoms with Gasteiger partial charge in [0.1, 0.15) is 5.82 Å². The van der Waals surface area contributed by atoms with Crippen LogP contribution in [-0.2, 0) is 11.8 Å². The number of allylic oxidation sites excluding steroid dienone is 2. The molecule has 1 rings (SSSR count). The summed E-state index contributed by atoms with van der Waals surface area (Å²) in [6.07, 6.45) is 9.40. The Labute approximate surface area is 75.8 Å². The van der Waals surface area contributed by atoms with E-state index in [1.165, 1.54) is 6.08 Å². The van der Waals surface area contributed by atoms with Crippen molar-refractivity contribution in [3.05, 3.63) is 36.4 Å². The number of rotatable bonds is 3. The SMILES string of the molecule is Cn1ccnc1/C=C/C=C/C(=O)O. The summed E-state index contributed by atoms with van der Waals surface area (Å²) in [5.41, 5.74) is 0. The second-order valence-corrected chi connectivity index (χ2v) is 2.45. The molecule has 4 nitrogen and oxygen atoms in total. The van der Waals surface area contributed by atoms with Gasteiger partial charge in [-0.2, -0.15) is 0 Å². The summed E-state index contributed by atoms with van der Waals surface area (Å²) < 4.78 is 1.84. The van der Waals surface area contributed by atoms with Gasteiger partial charge in [-0.05, 0) is 6.08 Å². The Morgan fingerprint density at radius 2 is 2.38 bits per heavy atom. The quantitative estimate of drug-likeness (QED) is 0.556. The van der Waals surface area contributed by atoms with Gasteiger partial charge in [-0.1, -0.05) is 12.2 Å². The minimum Gasteiger partial charge on any atom is -0.478 e. The van der Waals surface area contributed by atoms with Crippen molar-refractivity contribution in [2.24, 2.45) is 7.05 Å². The van der Waals surface area contributed by atoms with Gasteiger partial charge in [-0.25, -0.2) is 9.78 Å². The standard InChI is InChI=1S/C9H10N2O2/c1-11-7-6-10-8(11)4-2-3-5-9(12)13/h2-7H,1H3,(H,12,13)/b4-2+,5-3+. The first-order valence-electron chi connectivity index (χ1n) is 3.75. The molecule has 0 aliphatic heterocycles. The van der Waals surface area contributed by atoms with Gasteiger partial charge in [0.15, 0.2) is 0 Å². The third kappa shape index (κ3) is 2.94. The number of aliphatic carboxylic acids is 1. The smallest absolute Gasteiger partial charge is 0.328 e. The molecule has 4 heteroatoms. The highest BCUT2D eigenvalue weighted by Crippen LogP contribution is 1.96. The van der Waals surface area contributed by atoms with Crippen LogP contribution >= 0.6 is 0 Å². The predicted octanol–water partition coefficient (Wildman–Crippen LogP) is 1.07. The number of carbonyl (C=O) groups is 1. The minimum atomic E-state index is -0.954. The molecular weight excluding hydrogens is 168 g/mol. The van der Waals surface area contributed by atoms with E-state index in [-0.39, 0.29) is 0 Å². The van der Waals surface area contributed by atoms with E-state index in [1.54, 1.807) is 18.3 Å². The lowest BCUT2D eigenvalue weighted by Crippen LogP contribution is -1.88. The van der Waals surface area contributed by atoms with Crippen LogP contribution in [0.15, 0.2) is 30.6 Å². The van der Waals surface area contributed by atoms with Gasteiger partial charge in [-0.15, -0.1) is 0 Å². The minimum absolute atomic E-state index is 0.787. The van der Waals surface area contributed by atoms with Crippen LogP contribution in [-0.4, -0.2) is 20.6 Å². The number of aromatic nitrogens is 2. The van der Waals surface area contributed by atoms with Crippen LogP contribution in [0.2, 0.25) is 0 Å². The van der Waals surface area contributed by atoms with Gasteiger partial charge in [0, 0.05) is 25.5 Å². The van der Waals surface area contributed by atoms with Crippen molar-refractivity contribution < 1.29 is 9.90 Å². The third-order valence-electron chi connectivity index (χ3n) is 1.45. The second kappa shape index (κ2) is 4.25. The monoisotopic (exact) mass is 178 g/mol. The lowest BCUT2D eigenvalue weighted by Gasteiger charge is -1.90. The highest BCUT2D eigenvalue weighted by Gasteiger charge is 1.89. The van der Waals surface area contributed by atoms with Crippen molar-refractivity contribution >= 4 is 12.0 Å². The van der Waals surface area contributed by atoms with Crippen LogP contribution in [0.1, 0.15) is 5.82 Å². The number of hydrogen-bond donors (Lipinski definition) is 1. The molecule has 0 unspecified atom stereocenters. The van der Waals surface area contributed by atoms with E-state index in [4.69, 9.17) is 5.11 Å². The van der Waals surface area contributed by atoms with Gasteiger partial charge in [0.2, 0.25) is 0 Å². The summed E-state index contributed by atoms with van der Waals surface area (Å²) in [6, 6.07) is 0. The zero-order valence-electron chi connectivity index (χ0n) is 7.21.